The Labute approximate surface area is 200 Å². The first-order valence-electron chi connectivity index (χ1n) is 11.2. The molecule has 0 aliphatic heterocycles. The minimum atomic E-state index is -0.430. The fourth-order valence-corrected chi connectivity index (χ4v) is 6.47. The second-order valence-corrected chi connectivity index (χ2v) is 10.8. The van der Waals surface area contributed by atoms with E-state index in [0.717, 1.165) is 52.8 Å². The van der Waals surface area contributed by atoms with Gasteiger partial charge in [0.15, 0.2) is 5.16 Å². The molecular weight excluding hydrogens is 450 g/mol. The summed E-state index contributed by atoms with van der Waals surface area (Å²) >= 11 is 2.95. The first kappa shape index (κ1) is 21.9. The largest absolute Gasteiger partial charge is 0.325 e. The molecule has 7 heteroatoms. The predicted molar refractivity (Wildman–Crippen MR) is 137 cm³/mol. The van der Waals surface area contributed by atoms with E-state index in [1.807, 2.05) is 68.4 Å². The molecule has 1 amide bonds. The number of amides is 1. The van der Waals surface area contributed by atoms with Crippen LogP contribution in [0.25, 0.3) is 15.9 Å². The first-order valence-corrected chi connectivity index (χ1v) is 12.9. The van der Waals surface area contributed by atoms with Gasteiger partial charge in [-0.05, 0) is 74.9 Å². The van der Waals surface area contributed by atoms with Crippen molar-refractivity contribution < 1.29 is 4.79 Å². The number of aryl methyl sites for hydroxylation is 3. The van der Waals surface area contributed by atoms with Crippen LogP contribution >= 0.6 is 23.1 Å². The van der Waals surface area contributed by atoms with E-state index in [9.17, 15) is 9.59 Å². The fraction of sp³-hybridized carbons (Fsp3) is 0.269. The van der Waals surface area contributed by atoms with Crippen LogP contribution in [0.15, 0.2) is 64.5 Å². The Hall–Kier alpha value is -2.90. The molecule has 0 bridgehead atoms. The number of hydrogen-bond donors (Lipinski definition) is 1. The summed E-state index contributed by atoms with van der Waals surface area (Å²) < 4.78 is 1.69. The average molecular weight is 476 g/mol. The molecule has 5 nitrogen and oxygen atoms in total. The van der Waals surface area contributed by atoms with E-state index in [1.165, 1.54) is 22.2 Å². The summed E-state index contributed by atoms with van der Waals surface area (Å²) in [7, 11) is 0. The second kappa shape index (κ2) is 9.15. The standard InChI is InChI=1S/C26H25N3O2S2/c1-16-9-8-12-19(15-16)29-25(31)22-20-13-6-7-14-21(20)33-24(22)28-26(29)32-17(2)23(30)27-18-10-4-3-5-11-18/h3-5,8-12,15,17H,6-7,13-14H2,1-2H3,(H,27,30)/t17-/m0/s1. The number of thioether (sulfide) groups is 1. The number of benzene rings is 2. The van der Waals surface area contributed by atoms with Crippen molar-refractivity contribution in [1.82, 2.24) is 9.55 Å². The Kier molecular flexibility index (Phi) is 6.08. The molecule has 4 aromatic rings. The van der Waals surface area contributed by atoms with Gasteiger partial charge in [-0.1, -0.05) is 42.1 Å². The van der Waals surface area contributed by atoms with Gasteiger partial charge in [-0.25, -0.2) is 4.98 Å². The molecule has 0 saturated heterocycles. The smallest absolute Gasteiger partial charge is 0.267 e. The molecular formula is C26H25N3O2S2. The van der Waals surface area contributed by atoms with Gasteiger partial charge in [-0.3, -0.25) is 14.2 Å². The number of aromatic nitrogens is 2. The van der Waals surface area contributed by atoms with Crippen LogP contribution in [0.1, 0.15) is 35.8 Å². The van der Waals surface area contributed by atoms with Crippen molar-refractivity contribution in [3.8, 4) is 5.69 Å². The highest BCUT2D eigenvalue weighted by Gasteiger charge is 2.25. The van der Waals surface area contributed by atoms with Gasteiger partial charge in [0.2, 0.25) is 5.91 Å². The van der Waals surface area contributed by atoms with E-state index in [2.05, 4.69) is 5.32 Å². The third-order valence-electron chi connectivity index (χ3n) is 5.91. The molecule has 33 heavy (non-hydrogen) atoms. The number of thiophene rings is 1. The lowest BCUT2D eigenvalue weighted by Crippen LogP contribution is -2.26. The molecule has 0 radical (unpaired) electrons. The quantitative estimate of drug-likeness (QED) is 0.295. The Morgan fingerprint density at radius 2 is 1.91 bits per heavy atom. The van der Waals surface area contributed by atoms with Crippen molar-refractivity contribution in [2.45, 2.75) is 49.9 Å². The number of nitrogens with one attached hydrogen (secondary N) is 1. The summed E-state index contributed by atoms with van der Waals surface area (Å²) in [6, 6.07) is 17.3. The van der Waals surface area contributed by atoms with Crippen molar-refractivity contribution in [2.24, 2.45) is 0 Å². The van der Waals surface area contributed by atoms with Crippen molar-refractivity contribution in [3.63, 3.8) is 0 Å². The number of anilines is 1. The molecule has 1 aliphatic carbocycles. The van der Waals surface area contributed by atoms with Crippen molar-refractivity contribution in [1.29, 1.82) is 0 Å². The highest BCUT2D eigenvalue weighted by molar-refractivity contribution is 8.00. The van der Waals surface area contributed by atoms with Crippen molar-refractivity contribution >= 4 is 44.9 Å². The topological polar surface area (TPSA) is 64.0 Å². The third-order valence-corrected chi connectivity index (χ3v) is 8.15. The fourth-order valence-electron chi connectivity index (χ4n) is 4.24. The summed E-state index contributed by atoms with van der Waals surface area (Å²) in [6.07, 6.45) is 4.21. The van der Waals surface area contributed by atoms with Crippen LogP contribution in [0.5, 0.6) is 0 Å². The molecule has 1 atom stereocenters. The van der Waals surface area contributed by atoms with Gasteiger partial charge in [0.05, 0.1) is 16.3 Å². The molecule has 5 rings (SSSR count). The first-order chi connectivity index (χ1) is 16.0. The van der Waals surface area contributed by atoms with E-state index in [4.69, 9.17) is 4.98 Å². The minimum Gasteiger partial charge on any atom is -0.325 e. The molecule has 1 aliphatic rings. The van der Waals surface area contributed by atoms with Crippen LogP contribution in [0, 0.1) is 6.92 Å². The molecule has 0 unspecified atom stereocenters. The number of para-hydroxylation sites is 1. The average Bonchev–Trinajstić information content (AvgIpc) is 3.18. The van der Waals surface area contributed by atoms with E-state index >= 15 is 0 Å². The van der Waals surface area contributed by atoms with Gasteiger partial charge in [0, 0.05) is 10.6 Å². The van der Waals surface area contributed by atoms with Gasteiger partial charge in [0.1, 0.15) is 4.83 Å². The van der Waals surface area contributed by atoms with E-state index < -0.39 is 5.25 Å². The lowest BCUT2D eigenvalue weighted by Gasteiger charge is -2.16. The zero-order valence-corrected chi connectivity index (χ0v) is 20.3. The molecule has 0 saturated carbocycles. The SMILES string of the molecule is Cc1cccc(-n2c(S[C@@H](C)C(=O)Nc3ccccc3)nc3sc4c(c3c2=O)CCCC4)c1. The summed E-state index contributed by atoms with van der Waals surface area (Å²) in [4.78, 5) is 33.7. The number of hydrogen-bond acceptors (Lipinski definition) is 5. The minimum absolute atomic E-state index is 0.0387. The summed E-state index contributed by atoms with van der Waals surface area (Å²) in [5.41, 5.74) is 3.73. The number of nitrogens with zero attached hydrogens (tertiary/aromatic N) is 2. The van der Waals surface area contributed by atoms with Crippen LogP contribution < -0.4 is 10.9 Å². The molecule has 168 valence electrons. The molecule has 0 fully saturated rings. The number of carbonyl (C=O) groups is 1. The maximum Gasteiger partial charge on any atom is 0.267 e. The molecule has 2 aromatic heterocycles. The van der Waals surface area contributed by atoms with Crippen LogP contribution in [-0.4, -0.2) is 20.7 Å². The van der Waals surface area contributed by atoms with Crippen LogP contribution in [0.3, 0.4) is 0 Å². The normalized spacial score (nSPS) is 14.1. The van der Waals surface area contributed by atoms with Crippen LogP contribution in [0.2, 0.25) is 0 Å². The molecule has 1 N–H and O–H groups in total. The Balaban J connectivity index is 1.59. The molecule has 2 aromatic carbocycles. The third kappa shape index (κ3) is 4.35. The summed E-state index contributed by atoms with van der Waals surface area (Å²) in [5, 5.41) is 3.82. The summed E-state index contributed by atoms with van der Waals surface area (Å²) in [5.74, 6) is -0.123. The number of rotatable bonds is 5. The van der Waals surface area contributed by atoms with Gasteiger partial charge in [-0.15, -0.1) is 11.3 Å². The monoisotopic (exact) mass is 475 g/mol. The van der Waals surface area contributed by atoms with Gasteiger partial charge in [-0.2, -0.15) is 0 Å². The van der Waals surface area contributed by atoms with Gasteiger partial charge >= 0.3 is 0 Å². The highest BCUT2D eigenvalue weighted by Crippen LogP contribution is 2.36. The van der Waals surface area contributed by atoms with Crippen molar-refractivity contribution in [2.75, 3.05) is 5.32 Å². The van der Waals surface area contributed by atoms with Crippen LogP contribution in [0.4, 0.5) is 5.69 Å². The summed E-state index contributed by atoms with van der Waals surface area (Å²) in [6.45, 7) is 3.86. The lowest BCUT2D eigenvalue weighted by molar-refractivity contribution is -0.115. The van der Waals surface area contributed by atoms with E-state index in [1.54, 1.807) is 15.9 Å². The van der Waals surface area contributed by atoms with Gasteiger partial charge in [0.25, 0.3) is 5.56 Å². The van der Waals surface area contributed by atoms with Gasteiger partial charge < -0.3 is 5.32 Å². The zero-order chi connectivity index (χ0) is 22.9. The van der Waals surface area contributed by atoms with E-state index in [0.29, 0.717) is 5.16 Å². The Morgan fingerprint density at radius 1 is 1.12 bits per heavy atom. The lowest BCUT2D eigenvalue weighted by atomic mass is 9.97. The number of carbonyl (C=O) groups excluding carboxylic acids is 1. The van der Waals surface area contributed by atoms with Crippen LogP contribution in [-0.2, 0) is 17.6 Å². The maximum atomic E-state index is 13.9. The maximum absolute atomic E-state index is 13.9. The molecule has 0 spiro atoms. The highest BCUT2D eigenvalue weighted by atomic mass is 32.2. The zero-order valence-electron chi connectivity index (χ0n) is 18.6. The molecule has 2 heterocycles. The van der Waals surface area contributed by atoms with Crippen molar-refractivity contribution in [3.05, 3.63) is 81.0 Å². The second-order valence-electron chi connectivity index (χ2n) is 8.38. The van der Waals surface area contributed by atoms with E-state index in [-0.39, 0.29) is 11.5 Å². The Bertz CT molecular complexity index is 1390. The Morgan fingerprint density at radius 3 is 2.70 bits per heavy atom. The number of fused-ring (bicyclic) bond motifs is 3. The predicted octanol–water partition coefficient (Wildman–Crippen LogP) is 5.75.